The molecular weight excluding hydrogens is 423 g/mol. The number of nitrogens with zero attached hydrogens (tertiary/aromatic N) is 4. The molecule has 5 heterocycles. The van der Waals surface area contributed by atoms with E-state index in [-0.39, 0.29) is 23.8 Å². The fraction of sp³-hybridized carbons (Fsp3) is 0.500. The minimum absolute atomic E-state index is 0.0191. The summed E-state index contributed by atoms with van der Waals surface area (Å²) in [6, 6.07) is 0.249. The number of aromatic nitrogens is 3. The predicted octanol–water partition coefficient (Wildman–Crippen LogP) is 1.81. The highest BCUT2D eigenvalue weighted by molar-refractivity contribution is 7.14. The van der Waals surface area contributed by atoms with Crippen LogP contribution in [0, 0.1) is 30.1 Å². The second-order valence-electron chi connectivity index (χ2n) is 8.74. The number of fused-ring (bicyclic) bond motifs is 4. The third-order valence-electron chi connectivity index (χ3n) is 6.46. The number of carbonyl (C=O) groups excluding carboxylic acids is 3. The van der Waals surface area contributed by atoms with E-state index in [1.165, 1.54) is 11.3 Å². The van der Waals surface area contributed by atoms with E-state index in [1.54, 1.807) is 13.0 Å². The molecular formula is C20H21FN6O3S. The number of hydrogen-bond donors (Lipinski definition) is 2. The Bertz CT molecular complexity index is 1110. The van der Waals surface area contributed by atoms with Crippen LogP contribution in [0.1, 0.15) is 30.8 Å². The lowest BCUT2D eigenvalue weighted by Gasteiger charge is -2.55. The Kier molecular flexibility index (Phi) is 4.37. The molecule has 0 unspecified atom stereocenters. The first kappa shape index (κ1) is 20.0. The summed E-state index contributed by atoms with van der Waals surface area (Å²) < 4.78 is 15.1. The smallest absolute Gasteiger partial charge is 0.328 e. The summed E-state index contributed by atoms with van der Waals surface area (Å²) in [5, 5.41) is 13.6. The second-order valence-corrected chi connectivity index (χ2v) is 9.92. The number of halogens is 1. The first-order valence-electron chi connectivity index (χ1n) is 10.1. The first-order valence-corrected chi connectivity index (χ1v) is 11.0. The molecule has 0 aromatic carbocycles. The SMILES string of the molecule is Cc1nnc(-c2cc3c(nc2F)N2C[C@@H](C)C[C@@H](C)[C@@H]2C2(C3)C(=O)NC(=O)NC2=O)s1. The second kappa shape index (κ2) is 6.78. The monoisotopic (exact) mass is 444 g/mol. The molecule has 1 spiro atoms. The number of amides is 4. The van der Waals surface area contributed by atoms with Crippen LogP contribution in [0.4, 0.5) is 15.0 Å². The van der Waals surface area contributed by atoms with Gasteiger partial charge in [-0.3, -0.25) is 20.2 Å². The highest BCUT2D eigenvalue weighted by Crippen LogP contribution is 2.49. The fourth-order valence-electron chi connectivity index (χ4n) is 5.42. The van der Waals surface area contributed by atoms with E-state index in [0.29, 0.717) is 27.9 Å². The zero-order valence-corrected chi connectivity index (χ0v) is 18.0. The molecule has 9 nitrogen and oxygen atoms in total. The maximum atomic E-state index is 15.1. The number of piperidine rings is 1. The first-order chi connectivity index (χ1) is 14.7. The fourth-order valence-corrected chi connectivity index (χ4v) is 6.12. The van der Waals surface area contributed by atoms with E-state index in [9.17, 15) is 14.4 Å². The minimum Gasteiger partial charge on any atom is -0.351 e. The number of nitrogens with one attached hydrogen (secondary N) is 2. The van der Waals surface area contributed by atoms with Gasteiger partial charge in [0.1, 0.15) is 10.8 Å². The summed E-state index contributed by atoms with van der Waals surface area (Å²) in [4.78, 5) is 44.3. The van der Waals surface area contributed by atoms with Crippen molar-refractivity contribution in [1.29, 1.82) is 0 Å². The molecule has 2 aromatic rings. The zero-order valence-electron chi connectivity index (χ0n) is 17.2. The lowest BCUT2D eigenvalue weighted by Crippen LogP contribution is -2.73. The molecule has 0 radical (unpaired) electrons. The van der Waals surface area contributed by atoms with E-state index < -0.39 is 35.3 Å². The summed E-state index contributed by atoms with van der Waals surface area (Å²) >= 11 is 1.24. The molecule has 2 fully saturated rings. The summed E-state index contributed by atoms with van der Waals surface area (Å²) in [5.74, 6) is -1.25. The number of urea groups is 1. The summed E-state index contributed by atoms with van der Waals surface area (Å²) in [6.45, 7) is 6.36. The predicted molar refractivity (Wildman–Crippen MR) is 110 cm³/mol. The van der Waals surface area contributed by atoms with Crippen molar-refractivity contribution in [2.75, 3.05) is 11.4 Å². The van der Waals surface area contributed by atoms with Gasteiger partial charge in [-0.2, -0.15) is 4.39 Å². The lowest BCUT2D eigenvalue weighted by atomic mass is 9.63. The summed E-state index contributed by atoms with van der Waals surface area (Å²) in [6.07, 6.45) is 0.822. The number of hydrogen-bond acceptors (Lipinski definition) is 8. The van der Waals surface area contributed by atoms with Crippen molar-refractivity contribution < 1.29 is 18.8 Å². The van der Waals surface area contributed by atoms with Crippen molar-refractivity contribution in [3.63, 3.8) is 0 Å². The quantitative estimate of drug-likeness (QED) is 0.509. The van der Waals surface area contributed by atoms with Crippen molar-refractivity contribution in [2.45, 2.75) is 39.7 Å². The van der Waals surface area contributed by atoms with Crippen molar-refractivity contribution in [3.05, 3.63) is 22.6 Å². The zero-order chi connectivity index (χ0) is 22.1. The van der Waals surface area contributed by atoms with Gasteiger partial charge in [0.2, 0.25) is 17.8 Å². The molecule has 3 aliphatic rings. The maximum Gasteiger partial charge on any atom is 0.328 e. The Labute approximate surface area is 181 Å². The average Bonchev–Trinajstić information content (AvgIpc) is 3.11. The number of anilines is 1. The molecule has 2 aromatic heterocycles. The molecule has 4 amide bonds. The van der Waals surface area contributed by atoms with Crippen LogP contribution >= 0.6 is 11.3 Å². The van der Waals surface area contributed by atoms with Crippen LogP contribution in [0.5, 0.6) is 0 Å². The van der Waals surface area contributed by atoms with E-state index >= 15 is 4.39 Å². The van der Waals surface area contributed by atoms with Gasteiger partial charge in [-0.1, -0.05) is 25.2 Å². The minimum atomic E-state index is -1.51. The summed E-state index contributed by atoms with van der Waals surface area (Å²) in [7, 11) is 0. The molecule has 2 N–H and O–H groups in total. The number of rotatable bonds is 1. The molecule has 3 aliphatic heterocycles. The van der Waals surface area contributed by atoms with Gasteiger partial charge in [-0.05, 0) is 36.8 Å². The molecule has 0 saturated carbocycles. The van der Waals surface area contributed by atoms with Gasteiger partial charge in [0.05, 0.1) is 11.6 Å². The Hall–Kier alpha value is -2.95. The Balaban J connectivity index is 1.71. The highest BCUT2D eigenvalue weighted by atomic mass is 32.1. The van der Waals surface area contributed by atoms with Gasteiger partial charge in [0.15, 0.2) is 10.4 Å². The topological polar surface area (TPSA) is 117 Å². The molecule has 11 heteroatoms. The van der Waals surface area contributed by atoms with Crippen LogP contribution in [-0.4, -0.2) is 45.6 Å². The van der Waals surface area contributed by atoms with Crippen LogP contribution in [0.2, 0.25) is 0 Å². The summed E-state index contributed by atoms with van der Waals surface area (Å²) in [5.41, 5.74) is -0.751. The lowest BCUT2D eigenvalue weighted by molar-refractivity contribution is -0.148. The maximum absolute atomic E-state index is 15.1. The number of carbonyl (C=O) groups is 3. The Morgan fingerprint density at radius 3 is 2.55 bits per heavy atom. The molecule has 5 rings (SSSR count). The third kappa shape index (κ3) is 2.86. The van der Waals surface area contributed by atoms with E-state index in [0.717, 1.165) is 6.42 Å². The van der Waals surface area contributed by atoms with Crippen molar-refractivity contribution >= 4 is 35.0 Å². The van der Waals surface area contributed by atoms with Gasteiger partial charge < -0.3 is 4.90 Å². The van der Waals surface area contributed by atoms with Crippen molar-refractivity contribution in [2.24, 2.45) is 17.3 Å². The largest absolute Gasteiger partial charge is 0.351 e. The number of barbiturate groups is 1. The molecule has 2 saturated heterocycles. The molecule has 162 valence electrons. The Morgan fingerprint density at radius 1 is 1.19 bits per heavy atom. The van der Waals surface area contributed by atoms with E-state index in [4.69, 9.17) is 0 Å². The van der Waals surface area contributed by atoms with Gasteiger partial charge in [0.25, 0.3) is 0 Å². The van der Waals surface area contributed by atoms with Gasteiger partial charge in [-0.15, -0.1) is 10.2 Å². The standard InChI is InChI=1S/C20H21FN6O3S/c1-8-4-9(2)13-20(17(28)23-19(30)24-18(20)29)6-11-5-12(16-26-25-10(3)31-16)14(21)22-15(11)27(13)7-8/h5,8-9,13H,4,6-7H2,1-3H3,(H2,23,24,28,29,30)/t8-,9+,13+/m0/s1. The van der Waals surface area contributed by atoms with Gasteiger partial charge in [-0.25, -0.2) is 9.78 Å². The van der Waals surface area contributed by atoms with Crippen LogP contribution in [0.3, 0.4) is 0 Å². The Morgan fingerprint density at radius 2 is 1.90 bits per heavy atom. The highest BCUT2D eigenvalue weighted by Gasteiger charge is 2.62. The number of pyridine rings is 1. The number of aryl methyl sites for hydroxylation is 1. The van der Waals surface area contributed by atoms with E-state index in [2.05, 4.69) is 32.7 Å². The van der Waals surface area contributed by atoms with Crippen molar-refractivity contribution in [3.8, 4) is 10.6 Å². The molecule has 0 aliphatic carbocycles. The van der Waals surface area contributed by atoms with Crippen LogP contribution < -0.4 is 15.5 Å². The van der Waals surface area contributed by atoms with E-state index in [1.807, 2.05) is 11.8 Å². The third-order valence-corrected chi connectivity index (χ3v) is 7.33. The van der Waals surface area contributed by atoms with Crippen LogP contribution in [0.15, 0.2) is 6.07 Å². The van der Waals surface area contributed by atoms with Crippen LogP contribution in [-0.2, 0) is 16.0 Å². The van der Waals surface area contributed by atoms with Crippen LogP contribution in [0.25, 0.3) is 10.6 Å². The molecule has 3 atom stereocenters. The molecule has 31 heavy (non-hydrogen) atoms. The normalized spacial score (nSPS) is 26.9. The molecule has 0 bridgehead atoms. The van der Waals surface area contributed by atoms with Gasteiger partial charge >= 0.3 is 6.03 Å². The van der Waals surface area contributed by atoms with Gasteiger partial charge in [0, 0.05) is 13.0 Å². The number of imide groups is 2. The van der Waals surface area contributed by atoms with Crippen molar-refractivity contribution in [1.82, 2.24) is 25.8 Å². The average molecular weight is 444 g/mol.